The SMILES string of the molecule is CCOC(=O)[C@@H]1CCC(=S)N1. The van der Waals surface area contributed by atoms with Crippen LogP contribution in [0.3, 0.4) is 0 Å². The zero-order chi connectivity index (χ0) is 8.27. The van der Waals surface area contributed by atoms with Crippen molar-refractivity contribution in [3.8, 4) is 0 Å². The first-order valence-corrected chi connectivity index (χ1v) is 4.11. The van der Waals surface area contributed by atoms with Gasteiger partial charge in [-0.2, -0.15) is 0 Å². The molecule has 3 nitrogen and oxygen atoms in total. The van der Waals surface area contributed by atoms with Crippen LogP contribution in [0.4, 0.5) is 0 Å². The van der Waals surface area contributed by atoms with Gasteiger partial charge in [-0.15, -0.1) is 0 Å². The Kier molecular flexibility index (Phi) is 2.82. The maximum atomic E-state index is 11.0. The van der Waals surface area contributed by atoms with Gasteiger partial charge in [-0.05, 0) is 13.3 Å². The molecule has 11 heavy (non-hydrogen) atoms. The average Bonchev–Trinajstić information content (AvgIpc) is 2.36. The van der Waals surface area contributed by atoms with E-state index in [-0.39, 0.29) is 12.0 Å². The molecular formula is C7H11NO2S. The third-order valence-corrected chi connectivity index (χ3v) is 1.89. The highest BCUT2D eigenvalue weighted by atomic mass is 32.1. The van der Waals surface area contributed by atoms with Crippen LogP contribution in [0.15, 0.2) is 0 Å². The highest BCUT2D eigenvalue weighted by Crippen LogP contribution is 2.08. The van der Waals surface area contributed by atoms with Crippen LogP contribution in [0.2, 0.25) is 0 Å². The summed E-state index contributed by atoms with van der Waals surface area (Å²) in [5, 5.41) is 2.90. The molecule has 4 heteroatoms. The van der Waals surface area contributed by atoms with E-state index < -0.39 is 0 Å². The van der Waals surface area contributed by atoms with Gasteiger partial charge in [0, 0.05) is 6.42 Å². The molecule has 1 N–H and O–H groups in total. The number of carbonyl (C=O) groups is 1. The monoisotopic (exact) mass is 173 g/mol. The molecule has 1 aliphatic heterocycles. The largest absolute Gasteiger partial charge is 0.464 e. The van der Waals surface area contributed by atoms with Crippen molar-refractivity contribution in [2.45, 2.75) is 25.8 Å². The highest BCUT2D eigenvalue weighted by Gasteiger charge is 2.25. The number of carbonyl (C=O) groups excluding carboxylic acids is 1. The number of esters is 1. The molecular weight excluding hydrogens is 162 g/mol. The number of thiocarbonyl (C=S) groups is 1. The second kappa shape index (κ2) is 3.67. The molecule has 1 fully saturated rings. The maximum absolute atomic E-state index is 11.0. The first-order chi connectivity index (χ1) is 5.24. The van der Waals surface area contributed by atoms with E-state index in [0.717, 1.165) is 17.8 Å². The third kappa shape index (κ3) is 2.15. The molecule has 1 atom stereocenters. The fourth-order valence-electron chi connectivity index (χ4n) is 1.03. The quantitative estimate of drug-likeness (QED) is 0.491. The summed E-state index contributed by atoms with van der Waals surface area (Å²) in [6.07, 6.45) is 1.58. The lowest BCUT2D eigenvalue weighted by Crippen LogP contribution is -2.33. The van der Waals surface area contributed by atoms with Crippen molar-refractivity contribution in [1.29, 1.82) is 0 Å². The number of hydrogen-bond acceptors (Lipinski definition) is 3. The molecule has 0 radical (unpaired) electrons. The van der Waals surface area contributed by atoms with Crippen LogP contribution in [-0.4, -0.2) is 23.6 Å². The van der Waals surface area contributed by atoms with Crippen LogP contribution in [0.5, 0.6) is 0 Å². The summed E-state index contributed by atoms with van der Waals surface area (Å²) in [5.41, 5.74) is 0. The van der Waals surface area contributed by atoms with E-state index >= 15 is 0 Å². The molecule has 0 saturated carbocycles. The molecule has 1 rings (SSSR count). The first kappa shape index (κ1) is 8.46. The minimum absolute atomic E-state index is 0.188. The van der Waals surface area contributed by atoms with Gasteiger partial charge in [0.15, 0.2) is 0 Å². The van der Waals surface area contributed by atoms with Crippen molar-refractivity contribution < 1.29 is 9.53 Å². The molecule has 0 aromatic carbocycles. The smallest absolute Gasteiger partial charge is 0.328 e. The van der Waals surface area contributed by atoms with E-state index in [1.807, 2.05) is 0 Å². The van der Waals surface area contributed by atoms with Crippen molar-refractivity contribution in [2.24, 2.45) is 0 Å². The van der Waals surface area contributed by atoms with Crippen molar-refractivity contribution in [2.75, 3.05) is 6.61 Å². The number of rotatable bonds is 2. The van der Waals surface area contributed by atoms with E-state index in [0.29, 0.717) is 6.61 Å². The van der Waals surface area contributed by atoms with Crippen molar-refractivity contribution in [1.82, 2.24) is 5.32 Å². The van der Waals surface area contributed by atoms with E-state index in [9.17, 15) is 4.79 Å². The van der Waals surface area contributed by atoms with E-state index in [2.05, 4.69) is 5.32 Å². The zero-order valence-corrected chi connectivity index (χ0v) is 7.24. The predicted octanol–water partition coefficient (Wildman–Crippen LogP) is 0.629. The number of nitrogens with one attached hydrogen (secondary N) is 1. The molecule has 0 aromatic heterocycles. The van der Waals surface area contributed by atoms with Crippen molar-refractivity contribution >= 4 is 23.2 Å². The van der Waals surface area contributed by atoms with Crippen LogP contribution in [0, 0.1) is 0 Å². The summed E-state index contributed by atoms with van der Waals surface area (Å²) in [6, 6.07) is -0.192. The van der Waals surface area contributed by atoms with Gasteiger partial charge in [-0.1, -0.05) is 12.2 Å². The van der Waals surface area contributed by atoms with Crippen LogP contribution >= 0.6 is 12.2 Å². The molecule has 0 aliphatic carbocycles. The summed E-state index contributed by atoms with van der Waals surface area (Å²) in [4.78, 5) is 11.8. The van der Waals surface area contributed by atoms with E-state index in [1.165, 1.54) is 0 Å². The number of hydrogen-bond donors (Lipinski definition) is 1. The summed E-state index contributed by atoms with van der Waals surface area (Å²) in [7, 11) is 0. The molecule has 1 heterocycles. The van der Waals surface area contributed by atoms with Gasteiger partial charge in [0.25, 0.3) is 0 Å². The fourth-order valence-corrected chi connectivity index (χ4v) is 1.29. The molecule has 0 aromatic rings. The van der Waals surface area contributed by atoms with E-state index in [1.54, 1.807) is 6.92 Å². The van der Waals surface area contributed by atoms with Crippen LogP contribution in [0.25, 0.3) is 0 Å². The maximum Gasteiger partial charge on any atom is 0.328 e. The summed E-state index contributed by atoms with van der Waals surface area (Å²) in [5.74, 6) is -0.188. The van der Waals surface area contributed by atoms with Crippen LogP contribution in [0.1, 0.15) is 19.8 Å². The Morgan fingerprint density at radius 3 is 3.09 bits per heavy atom. The standard InChI is InChI=1S/C7H11NO2S/c1-2-10-7(9)5-3-4-6(11)8-5/h5H,2-4H2,1H3,(H,8,11)/t5-/m0/s1. The number of ether oxygens (including phenoxy) is 1. The van der Waals surface area contributed by atoms with Gasteiger partial charge < -0.3 is 10.1 Å². The van der Waals surface area contributed by atoms with Gasteiger partial charge in [0.1, 0.15) is 6.04 Å². The molecule has 0 unspecified atom stereocenters. The second-order valence-electron chi connectivity index (χ2n) is 2.41. The molecule has 0 bridgehead atoms. The average molecular weight is 173 g/mol. The Balaban J connectivity index is 2.37. The minimum Gasteiger partial charge on any atom is -0.464 e. The Morgan fingerprint density at radius 1 is 1.91 bits per heavy atom. The third-order valence-electron chi connectivity index (χ3n) is 1.57. The lowest BCUT2D eigenvalue weighted by Gasteiger charge is -2.08. The second-order valence-corrected chi connectivity index (χ2v) is 2.90. The van der Waals surface area contributed by atoms with Gasteiger partial charge in [-0.25, -0.2) is 4.79 Å². The molecule has 0 amide bonds. The lowest BCUT2D eigenvalue weighted by molar-refractivity contribution is -0.145. The van der Waals surface area contributed by atoms with Gasteiger partial charge in [-0.3, -0.25) is 0 Å². The fraction of sp³-hybridized carbons (Fsp3) is 0.714. The Labute approximate surface area is 71.1 Å². The topological polar surface area (TPSA) is 38.3 Å². The molecule has 0 spiro atoms. The summed E-state index contributed by atoms with van der Waals surface area (Å²) < 4.78 is 4.81. The van der Waals surface area contributed by atoms with Gasteiger partial charge in [0.05, 0.1) is 11.6 Å². The Bertz CT molecular complexity index is 181. The highest BCUT2D eigenvalue weighted by molar-refractivity contribution is 7.80. The van der Waals surface area contributed by atoms with Gasteiger partial charge in [0.2, 0.25) is 0 Å². The molecule has 62 valence electrons. The first-order valence-electron chi connectivity index (χ1n) is 3.70. The lowest BCUT2D eigenvalue weighted by atomic mass is 10.2. The Hall–Kier alpha value is -0.640. The van der Waals surface area contributed by atoms with Crippen LogP contribution < -0.4 is 5.32 Å². The summed E-state index contributed by atoms with van der Waals surface area (Å²) in [6.45, 7) is 2.23. The van der Waals surface area contributed by atoms with Gasteiger partial charge >= 0.3 is 5.97 Å². The predicted molar refractivity (Wildman–Crippen MR) is 45.4 cm³/mol. The molecule has 1 saturated heterocycles. The Morgan fingerprint density at radius 2 is 2.64 bits per heavy atom. The van der Waals surface area contributed by atoms with Crippen LogP contribution in [-0.2, 0) is 9.53 Å². The summed E-state index contributed by atoms with van der Waals surface area (Å²) >= 11 is 4.88. The van der Waals surface area contributed by atoms with E-state index in [4.69, 9.17) is 17.0 Å². The molecule has 1 aliphatic rings. The minimum atomic E-state index is -0.192. The zero-order valence-electron chi connectivity index (χ0n) is 6.42. The van der Waals surface area contributed by atoms with Crippen molar-refractivity contribution in [3.63, 3.8) is 0 Å². The van der Waals surface area contributed by atoms with Crippen molar-refractivity contribution in [3.05, 3.63) is 0 Å². The normalized spacial score (nSPS) is 23.0.